The summed E-state index contributed by atoms with van der Waals surface area (Å²) in [6, 6.07) is 5.89. The summed E-state index contributed by atoms with van der Waals surface area (Å²) in [5.74, 6) is 0. The molecule has 0 unspecified atom stereocenters. The zero-order valence-corrected chi connectivity index (χ0v) is 10.7. The maximum Gasteiger partial charge on any atom is 0.0540 e. The van der Waals surface area contributed by atoms with Crippen LogP contribution in [0.2, 0.25) is 5.02 Å². The van der Waals surface area contributed by atoms with Gasteiger partial charge < -0.3 is 10.8 Å². The van der Waals surface area contributed by atoms with Gasteiger partial charge in [0, 0.05) is 17.0 Å². The number of aliphatic hydroxyl groups is 1. The van der Waals surface area contributed by atoms with Gasteiger partial charge >= 0.3 is 0 Å². The first kappa shape index (κ1) is 13.8. The quantitative estimate of drug-likeness (QED) is 0.859. The van der Waals surface area contributed by atoms with Gasteiger partial charge in [0.2, 0.25) is 0 Å². The lowest BCUT2D eigenvalue weighted by atomic mass is 9.70. The molecule has 1 atom stereocenters. The Kier molecular flexibility index (Phi) is 4.62. The van der Waals surface area contributed by atoms with Gasteiger partial charge in [0.15, 0.2) is 0 Å². The highest BCUT2D eigenvalue weighted by atomic mass is 35.5. The molecule has 90 valence electrons. The third-order valence-corrected chi connectivity index (χ3v) is 3.67. The van der Waals surface area contributed by atoms with E-state index >= 15 is 0 Å². The van der Waals surface area contributed by atoms with Crippen LogP contribution in [0.25, 0.3) is 0 Å². The SMILES string of the molecule is Cl.NC[C@]1(CO)CCCc2cc(Cl)ccc21. The van der Waals surface area contributed by atoms with E-state index in [1.165, 1.54) is 11.1 Å². The Morgan fingerprint density at radius 1 is 1.44 bits per heavy atom. The van der Waals surface area contributed by atoms with Gasteiger partial charge in [0.25, 0.3) is 0 Å². The second-order valence-electron chi connectivity index (χ2n) is 4.30. The standard InChI is InChI=1S/C12H16ClNO.ClH/c13-10-3-4-11-9(6-10)2-1-5-12(11,7-14)8-15;/h3-4,6,15H,1-2,5,7-8,14H2;1H/t12-;/m0./s1. The van der Waals surface area contributed by atoms with Crippen LogP contribution in [0.1, 0.15) is 24.0 Å². The number of hydrogen-bond donors (Lipinski definition) is 2. The Labute approximate surface area is 107 Å². The van der Waals surface area contributed by atoms with Crippen molar-refractivity contribution in [2.75, 3.05) is 13.2 Å². The van der Waals surface area contributed by atoms with Crippen LogP contribution in [0.4, 0.5) is 0 Å². The highest BCUT2D eigenvalue weighted by Crippen LogP contribution is 2.37. The average molecular weight is 262 g/mol. The molecule has 2 nitrogen and oxygen atoms in total. The van der Waals surface area contributed by atoms with E-state index in [1.54, 1.807) is 0 Å². The Bertz CT molecular complexity index is 364. The Hall–Kier alpha value is -0.280. The predicted octanol–water partition coefficient (Wildman–Crippen LogP) is 2.29. The van der Waals surface area contributed by atoms with E-state index in [1.807, 2.05) is 18.2 Å². The molecular formula is C12H17Cl2NO. The molecule has 0 bridgehead atoms. The van der Waals surface area contributed by atoms with E-state index in [-0.39, 0.29) is 24.4 Å². The first-order valence-corrected chi connectivity index (χ1v) is 5.69. The van der Waals surface area contributed by atoms with Crippen molar-refractivity contribution in [2.45, 2.75) is 24.7 Å². The molecule has 0 radical (unpaired) electrons. The van der Waals surface area contributed by atoms with Crippen molar-refractivity contribution in [3.63, 3.8) is 0 Å². The lowest BCUT2D eigenvalue weighted by Gasteiger charge is -2.36. The topological polar surface area (TPSA) is 46.2 Å². The molecule has 0 aromatic heterocycles. The molecule has 16 heavy (non-hydrogen) atoms. The average Bonchev–Trinajstić information content (AvgIpc) is 2.27. The molecule has 2 rings (SSSR count). The van der Waals surface area contributed by atoms with Crippen molar-refractivity contribution in [2.24, 2.45) is 5.73 Å². The van der Waals surface area contributed by atoms with Crippen molar-refractivity contribution in [1.29, 1.82) is 0 Å². The summed E-state index contributed by atoms with van der Waals surface area (Å²) in [5.41, 5.74) is 8.00. The monoisotopic (exact) mass is 261 g/mol. The minimum Gasteiger partial charge on any atom is -0.395 e. The van der Waals surface area contributed by atoms with E-state index in [2.05, 4.69) is 0 Å². The van der Waals surface area contributed by atoms with Crippen LogP contribution in [-0.4, -0.2) is 18.3 Å². The number of hydrogen-bond acceptors (Lipinski definition) is 2. The normalized spacial score (nSPS) is 23.4. The van der Waals surface area contributed by atoms with Gasteiger partial charge in [-0.3, -0.25) is 0 Å². The van der Waals surface area contributed by atoms with Crippen LogP contribution >= 0.6 is 24.0 Å². The Morgan fingerprint density at radius 2 is 2.19 bits per heavy atom. The van der Waals surface area contributed by atoms with Crippen molar-refractivity contribution in [3.05, 3.63) is 34.3 Å². The molecule has 0 amide bonds. The summed E-state index contributed by atoms with van der Waals surface area (Å²) in [6.45, 7) is 0.621. The molecule has 0 fully saturated rings. The molecule has 1 aromatic carbocycles. The zero-order chi connectivity index (χ0) is 10.9. The minimum absolute atomic E-state index is 0. The van der Waals surface area contributed by atoms with Crippen molar-refractivity contribution in [3.8, 4) is 0 Å². The van der Waals surface area contributed by atoms with E-state index in [4.69, 9.17) is 17.3 Å². The molecular weight excluding hydrogens is 245 g/mol. The first-order chi connectivity index (χ1) is 7.22. The fraction of sp³-hybridized carbons (Fsp3) is 0.500. The second-order valence-corrected chi connectivity index (χ2v) is 4.73. The number of benzene rings is 1. The van der Waals surface area contributed by atoms with Crippen molar-refractivity contribution >= 4 is 24.0 Å². The smallest absolute Gasteiger partial charge is 0.0540 e. The summed E-state index contributed by atoms with van der Waals surface area (Å²) < 4.78 is 0. The Morgan fingerprint density at radius 3 is 2.81 bits per heavy atom. The summed E-state index contributed by atoms with van der Waals surface area (Å²) >= 11 is 5.96. The molecule has 0 aliphatic heterocycles. The van der Waals surface area contributed by atoms with Gasteiger partial charge in [-0.1, -0.05) is 17.7 Å². The number of halogens is 2. The van der Waals surface area contributed by atoms with Crippen LogP contribution in [0, 0.1) is 0 Å². The van der Waals surface area contributed by atoms with E-state index < -0.39 is 0 Å². The number of nitrogens with two attached hydrogens (primary N) is 1. The zero-order valence-electron chi connectivity index (χ0n) is 9.08. The molecule has 0 saturated heterocycles. The second kappa shape index (κ2) is 5.37. The largest absolute Gasteiger partial charge is 0.395 e. The molecule has 1 aliphatic carbocycles. The third-order valence-electron chi connectivity index (χ3n) is 3.43. The molecule has 0 spiro atoms. The number of aryl methyl sites for hydroxylation is 1. The summed E-state index contributed by atoms with van der Waals surface area (Å²) in [7, 11) is 0. The molecule has 1 aliphatic rings. The van der Waals surface area contributed by atoms with Crippen LogP contribution in [0.15, 0.2) is 18.2 Å². The number of rotatable bonds is 2. The maximum absolute atomic E-state index is 9.54. The molecule has 0 saturated carbocycles. The molecule has 3 N–H and O–H groups in total. The summed E-state index contributed by atoms with van der Waals surface area (Å²) in [4.78, 5) is 0. The fourth-order valence-corrected chi connectivity index (χ4v) is 2.67. The van der Waals surface area contributed by atoms with Crippen LogP contribution in [-0.2, 0) is 11.8 Å². The number of aliphatic hydroxyl groups excluding tert-OH is 1. The van der Waals surface area contributed by atoms with Gasteiger partial charge in [0.05, 0.1) is 6.61 Å². The highest BCUT2D eigenvalue weighted by molar-refractivity contribution is 6.30. The van der Waals surface area contributed by atoms with Gasteiger partial charge in [-0.25, -0.2) is 0 Å². The third kappa shape index (κ3) is 2.21. The minimum atomic E-state index is -0.238. The molecule has 1 aromatic rings. The van der Waals surface area contributed by atoms with E-state index in [9.17, 15) is 5.11 Å². The van der Waals surface area contributed by atoms with Crippen molar-refractivity contribution < 1.29 is 5.11 Å². The van der Waals surface area contributed by atoms with E-state index in [0.717, 1.165) is 24.3 Å². The highest BCUT2D eigenvalue weighted by Gasteiger charge is 2.34. The first-order valence-electron chi connectivity index (χ1n) is 5.32. The van der Waals surface area contributed by atoms with Gasteiger partial charge in [-0.05, 0) is 42.5 Å². The van der Waals surface area contributed by atoms with Gasteiger partial charge in [0.1, 0.15) is 0 Å². The van der Waals surface area contributed by atoms with Crippen molar-refractivity contribution in [1.82, 2.24) is 0 Å². The predicted molar refractivity (Wildman–Crippen MR) is 69.5 cm³/mol. The summed E-state index contributed by atoms with van der Waals surface area (Å²) in [6.07, 6.45) is 3.08. The van der Waals surface area contributed by atoms with Crippen LogP contribution in [0.3, 0.4) is 0 Å². The lowest BCUT2D eigenvalue weighted by molar-refractivity contribution is 0.179. The van der Waals surface area contributed by atoms with E-state index in [0.29, 0.717) is 6.54 Å². The van der Waals surface area contributed by atoms with Crippen LogP contribution in [0.5, 0.6) is 0 Å². The van der Waals surface area contributed by atoms with Crippen LogP contribution < -0.4 is 5.73 Å². The maximum atomic E-state index is 9.54. The summed E-state index contributed by atoms with van der Waals surface area (Å²) in [5, 5.41) is 10.3. The Balaban J connectivity index is 0.00000128. The fourth-order valence-electron chi connectivity index (χ4n) is 2.48. The molecule has 4 heteroatoms. The molecule has 0 heterocycles. The lowest BCUT2D eigenvalue weighted by Crippen LogP contribution is -2.41. The van der Waals surface area contributed by atoms with Gasteiger partial charge in [-0.2, -0.15) is 0 Å². The number of fused-ring (bicyclic) bond motifs is 1. The van der Waals surface area contributed by atoms with Gasteiger partial charge in [-0.15, -0.1) is 12.4 Å².